The molecule has 12 N–H and O–H groups in total. The Balaban J connectivity index is 5.40. The van der Waals surface area contributed by atoms with Crippen molar-refractivity contribution in [3.8, 4) is 0 Å². The number of nitrogens with two attached hydrogens (primary N) is 4. The van der Waals surface area contributed by atoms with Crippen molar-refractivity contribution in [2.45, 2.75) is 83.0 Å². The van der Waals surface area contributed by atoms with Gasteiger partial charge in [0.05, 0.1) is 6.04 Å². The van der Waals surface area contributed by atoms with Crippen LogP contribution in [0.5, 0.6) is 0 Å². The maximum atomic E-state index is 13.2. The smallest absolute Gasteiger partial charge is 0.326 e. The summed E-state index contributed by atoms with van der Waals surface area (Å²) in [5.74, 6) is -2.22. The number of aliphatic carboxylic acids is 1. The summed E-state index contributed by atoms with van der Waals surface area (Å²) >= 11 is 1.47. The molecule has 214 valence electrons. The second kappa shape index (κ2) is 19.5. The molecule has 0 aromatic heterocycles. The molecule has 0 aliphatic heterocycles. The molecular formula is C23H46N8O5S. The van der Waals surface area contributed by atoms with E-state index >= 15 is 0 Å². The lowest BCUT2D eigenvalue weighted by atomic mass is 10.0. The van der Waals surface area contributed by atoms with Crippen molar-refractivity contribution in [3.63, 3.8) is 0 Å². The average Bonchev–Trinajstić information content (AvgIpc) is 2.82. The van der Waals surface area contributed by atoms with Crippen molar-refractivity contribution in [2.75, 3.05) is 25.1 Å². The molecule has 0 saturated heterocycles. The molecular weight excluding hydrogens is 500 g/mol. The number of nitrogens with zero attached hydrogens (tertiary/aromatic N) is 1. The van der Waals surface area contributed by atoms with E-state index in [9.17, 15) is 24.3 Å². The number of aliphatic imine (C=N–C) groups is 1. The number of carboxylic acids is 1. The van der Waals surface area contributed by atoms with E-state index in [0.29, 0.717) is 50.9 Å². The van der Waals surface area contributed by atoms with Crippen LogP contribution >= 0.6 is 11.8 Å². The minimum atomic E-state index is -1.15. The van der Waals surface area contributed by atoms with Gasteiger partial charge in [0.15, 0.2) is 5.96 Å². The zero-order valence-electron chi connectivity index (χ0n) is 22.2. The topological polar surface area (TPSA) is 241 Å². The number of carbonyl (C=O) groups is 4. The van der Waals surface area contributed by atoms with Crippen LogP contribution in [-0.4, -0.2) is 84.0 Å². The largest absolute Gasteiger partial charge is 0.480 e. The molecule has 0 aliphatic carbocycles. The van der Waals surface area contributed by atoms with Crippen molar-refractivity contribution in [2.24, 2.45) is 33.8 Å². The first-order valence-corrected chi connectivity index (χ1v) is 14.0. The summed E-state index contributed by atoms with van der Waals surface area (Å²) in [6.07, 6.45) is 4.67. The lowest BCUT2D eigenvalue weighted by Gasteiger charge is -2.26. The number of hydrogen-bond acceptors (Lipinski definition) is 8. The second-order valence-electron chi connectivity index (χ2n) is 9.27. The summed E-state index contributed by atoms with van der Waals surface area (Å²) in [4.78, 5) is 54.2. The Labute approximate surface area is 223 Å². The molecule has 0 saturated carbocycles. The Morgan fingerprint density at radius 2 is 1.46 bits per heavy atom. The maximum absolute atomic E-state index is 13.2. The molecule has 13 nitrogen and oxygen atoms in total. The van der Waals surface area contributed by atoms with E-state index in [1.807, 2.05) is 20.1 Å². The summed E-state index contributed by atoms with van der Waals surface area (Å²) in [5.41, 5.74) is 22.1. The molecule has 0 rings (SSSR count). The van der Waals surface area contributed by atoms with E-state index in [4.69, 9.17) is 22.9 Å². The monoisotopic (exact) mass is 546 g/mol. The van der Waals surface area contributed by atoms with Crippen molar-refractivity contribution in [1.29, 1.82) is 0 Å². The predicted octanol–water partition coefficient (Wildman–Crippen LogP) is -1.17. The van der Waals surface area contributed by atoms with E-state index < -0.39 is 47.9 Å². The third-order valence-electron chi connectivity index (χ3n) is 5.45. The van der Waals surface area contributed by atoms with E-state index in [-0.39, 0.29) is 24.7 Å². The number of amides is 3. The highest BCUT2D eigenvalue weighted by molar-refractivity contribution is 7.98. The zero-order chi connectivity index (χ0) is 28.4. The SMILES string of the molecule is CSCCC(NC(=O)C(CCCCN)NC(=O)C(CC(C)C)NC(=O)C(N)CCCN=C(N)N)C(=O)O. The predicted molar refractivity (Wildman–Crippen MR) is 147 cm³/mol. The second-order valence-corrected chi connectivity index (χ2v) is 10.3. The molecule has 14 heteroatoms. The van der Waals surface area contributed by atoms with E-state index in [1.165, 1.54) is 11.8 Å². The Hall–Kier alpha value is -2.58. The van der Waals surface area contributed by atoms with Gasteiger partial charge in [-0.05, 0) is 69.4 Å². The highest BCUT2D eigenvalue weighted by atomic mass is 32.2. The standard InChI is InChI=1S/C23H46N8O5S/c1-14(2)13-18(31-19(32)15(25)7-6-11-28-23(26)27)21(34)29-16(8-4-5-10-24)20(33)30-17(22(35)36)9-12-37-3/h14-18H,4-13,24-25H2,1-3H3,(H,29,34)(H,30,33)(H,31,32)(H,35,36)(H4,26,27,28). The first kappa shape index (κ1) is 34.4. The van der Waals surface area contributed by atoms with Gasteiger partial charge in [0.1, 0.15) is 18.1 Å². The van der Waals surface area contributed by atoms with Gasteiger partial charge in [-0.25, -0.2) is 4.79 Å². The molecule has 0 aliphatic rings. The van der Waals surface area contributed by atoms with E-state index in [0.717, 1.165) is 0 Å². The molecule has 4 atom stereocenters. The highest BCUT2D eigenvalue weighted by Gasteiger charge is 2.30. The number of guanidine groups is 1. The maximum Gasteiger partial charge on any atom is 0.326 e. The van der Waals surface area contributed by atoms with Gasteiger partial charge in [-0.3, -0.25) is 19.4 Å². The van der Waals surface area contributed by atoms with Crippen molar-refractivity contribution < 1.29 is 24.3 Å². The fraction of sp³-hybridized carbons (Fsp3) is 0.783. The van der Waals surface area contributed by atoms with Crippen LogP contribution in [-0.2, 0) is 19.2 Å². The normalized spacial score (nSPS) is 14.2. The van der Waals surface area contributed by atoms with Gasteiger partial charge in [0.25, 0.3) is 0 Å². The van der Waals surface area contributed by atoms with Gasteiger partial charge in [-0.2, -0.15) is 11.8 Å². The lowest BCUT2D eigenvalue weighted by Crippen LogP contribution is -2.57. The van der Waals surface area contributed by atoms with Gasteiger partial charge in [0.2, 0.25) is 17.7 Å². The van der Waals surface area contributed by atoms with Crippen molar-refractivity contribution >= 4 is 41.4 Å². The van der Waals surface area contributed by atoms with Crippen LogP contribution < -0.4 is 38.9 Å². The summed E-state index contributed by atoms with van der Waals surface area (Å²) in [7, 11) is 0. The van der Waals surface area contributed by atoms with Crippen LogP contribution in [0, 0.1) is 5.92 Å². The fourth-order valence-electron chi connectivity index (χ4n) is 3.43. The molecule has 0 fully saturated rings. The number of thioether (sulfide) groups is 1. The molecule has 0 bridgehead atoms. The number of unbranched alkanes of at least 4 members (excludes halogenated alkanes) is 1. The van der Waals surface area contributed by atoms with Crippen LogP contribution in [0.4, 0.5) is 0 Å². The summed E-state index contributed by atoms with van der Waals surface area (Å²) in [5, 5.41) is 17.4. The third kappa shape index (κ3) is 16.0. The first-order chi connectivity index (χ1) is 17.4. The average molecular weight is 547 g/mol. The Kier molecular flexibility index (Phi) is 18.2. The molecule has 4 unspecified atom stereocenters. The summed E-state index contributed by atoms with van der Waals surface area (Å²) < 4.78 is 0. The van der Waals surface area contributed by atoms with Crippen LogP contribution in [0.25, 0.3) is 0 Å². The van der Waals surface area contributed by atoms with Crippen LogP contribution in [0.2, 0.25) is 0 Å². The number of carbonyl (C=O) groups excluding carboxylic acids is 3. The Morgan fingerprint density at radius 1 is 0.865 bits per heavy atom. The van der Waals surface area contributed by atoms with Gasteiger partial charge in [0, 0.05) is 6.54 Å². The van der Waals surface area contributed by atoms with Crippen molar-refractivity contribution in [1.82, 2.24) is 16.0 Å². The number of nitrogens with one attached hydrogen (secondary N) is 3. The first-order valence-electron chi connectivity index (χ1n) is 12.6. The van der Waals surface area contributed by atoms with E-state index in [2.05, 4.69) is 20.9 Å². The summed E-state index contributed by atoms with van der Waals surface area (Å²) in [6, 6.07) is -3.84. The zero-order valence-corrected chi connectivity index (χ0v) is 23.0. The molecule has 0 heterocycles. The van der Waals surface area contributed by atoms with Crippen LogP contribution in [0.1, 0.15) is 58.8 Å². The highest BCUT2D eigenvalue weighted by Crippen LogP contribution is 2.09. The number of rotatable bonds is 20. The minimum absolute atomic E-state index is 0.0457. The van der Waals surface area contributed by atoms with Crippen LogP contribution in [0.3, 0.4) is 0 Å². The minimum Gasteiger partial charge on any atom is -0.480 e. The molecule has 0 spiro atoms. The number of carboxylic acid groups (broad SMARTS) is 1. The summed E-state index contributed by atoms with van der Waals surface area (Å²) in [6.45, 7) is 4.54. The van der Waals surface area contributed by atoms with Gasteiger partial charge in [-0.15, -0.1) is 0 Å². The van der Waals surface area contributed by atoms with Crippen LogP contribution in [0.15, 0.2) is 4.99 Å². The van der Waals surface area contributed by atoms with Gasteiger partial charge < -0.3 is 44.0 Å². The Morgan fingerprint density at radius 3 is 2.00 bits per heavy atom. The fourth-order valence-corrected chi connectivity index (χ4v) is 3.90. The lowest BCUT2D eigenvalue weighted by molar-refractivity contribution is -0.142. The number of hydrogen-bond donors (Lipinski definition) is 8. The quantitative estimate of drug-likeness (QED) is 0.0517. The molecule has 0 aromatic rings. The molecule has 3 amide bonds. The van der Waals surface area contributed by atoms with Crippen molar-refractivity contribution in [3.05, 3.63) is 0 Å². The van der Waals surface area contributed by atoms with E-state index in [1.54, 1.807) is 0 Å². The molecule has 37 heavy (non-hydrogen) atoms. The Bertz CT molecular complexity index is 749. The molecule has 0 radical (unpaired) electrons. The van der Waals surface area contributed by atoms with Gasteiger partial charge in [-0.1, -0.05) is 13.8 Å². The molecule has 0 aromatic carbocycles. The third-order valence-corrected chi connectivity index (χ3v) is 6.09. The van der Waals surface area contributed by atoms with Gasteiger partial charge >= 0.3 is 5.97 Å².